The summed E-state index contributed by atoms with van der Waals surface area (Å²) in [6.45, 7) is 3.25. The van der Waals surface area contributed by atoms with Gasteiger partial charge in [0.05, 0.1) is 6.20 Å². The molecule has 0 aromatic carbocycles. The van der Waals surface area contributed by atoms with E-state index in [9.17, 15) is 0 Å². The number of nitrogens with two attached hydrogens (primary N) is 1. The zero-order valence-corrected chi connectivity index (χ0v) is 10.8. The molecular weight excluding hydrogens is 212 g/mol. The zero-order valence-electron chi connectivity index (χ0n) is 10.8. The van der Waals surface area contributed by atoms with Crippen molar-refractivity contribution in [1.82, 2.24) is 14.7 Å². The fourth-order valence-electron chi connectivity index (χ4n) is 2.74. The van der Waals surface area contributed by atoms with E-state index in [4.69, 9.17) is 5.73 Å². The highest BCUT2D eigenvalue weighted by atomic mass is 15.2. The summed E-state index contributed by atoms with van der Waals surface area (Å²) >= 11 is 0. The van der Waals surface area contributed by atoms with Gasteiger partial charge in [-0.25, -0.2) is 0 Å². The third kappa shape index (κ3) is 3.54. The molecule has 17 heavy (non-hydrogen) atoms. The van der Waals surface area contributed by atoms with Crippen LogP contribution >= 0.6 is 0 Å². The van der Waals surface area contributed by atoms with Crippen molar-refractivity contribution < 1.29 is 0 Å². The Morgan fingerprint density at radius 2 is 2.41 bits per heavy atom. The first-order valence-corrected chi connectivity index (χ1v) is 6.71. The van der Waals surface area contributed by atoms with Crippen LogP contribution in [0.2, 0.25) is 0 Å². The molecule has 1 fully saturated rings. The van der Waals surface area contributed by atoms with Gasteiger partial charge in [0.2, 0.25) is 0 Å². The molecule has 96 valence electrons. The highest BCUT2D eigenvalue weighted by Gasteiger charge is 2.23. The monoisotopic (exact) mass is 236 g/mol. The number of aromatic nitrogens is 2. The van der Waals surface area contributed by atoms with E-state index in [0.29, 0.717) is 0 Å². The van der Waals surface area contributed by atoms with Crippen LogP contribution in [-0.2, 0) is 13.5 Å². The molecule has 1 unspecified atom stereocenters. The molecule has 0 amide bonds. The van der Waals surface area contributed by atoms with Gasteiger partial charge >= 0.3 is 0 Å². The molecule has 0 radical (unpaired) electrons. The van der Waals surface area contributed by atoms with Crippen molar-refractivity contribution in [3.63, 3.8) is 0 Å². The summed E-state index contributed by atoms with van der Waals surface area (Å²) in [7, 11) is 1.98. The van der Waals surface area contributed by atoms with E-state index in [2.05, 4.69) is 16.2 Å². The van der Waals surface area contributed by atoms with Gasteiger partial charge < -0.3 is 10.6 Å². The van der Waals surface area contributed by atoms with E-state index in [1.165, 1.54) is 37.9 Å². The summed E-state index contributed by atoms with van der Waals surface area (Å²) in [5.74, 6) is 0. The Kier molecular flexibility index (Phi) is 4.57. The van der Waals surface area contributed by atoms with Crippen molar-refractivity contribution in [2.45, 2.75) is 38.1 Å². The first kappa shape index (κ1) is 12.6. The van der Waals surface area contributed by atoms with Crippen molar-refractivity contribution in [2.24, 2.45) is 12.8 Å². The summed E-state index contributed by atoms with van der Waals surface area (Å²) in [6.07, 6.45) is 10.3. The number of rotatable bonds is 6. The van der Waals surface area contributed by atoms with Crippen LogP contribution in [-0.4, -0.2) is 40.4 Å². The molecule has 0 bridgehead atoms. The number of nitrogens with zero attached hydrogens (tertiary/aromatic N) is 3. The SMILES string of the molecule is Cn1cc(CCN2CCCC2CCCN)cn1. The minimum Gasteiger partial charge on any atom is -0.330 e. The second-order valence-electron chi connectivity index (χ2n) is 5.04. The van der Waals surface area contributed by atoms with Crippen LogP contribution in [0.1, 0.15) is 31.2 Å². The number of hydrogen-bond donors (Lipinski definition) is 1. The third-order valence-corrected chi connectivity index (χ3v) is 3.69. The molecule has 0 aliphatic carbocycles. The van der Waals surface area contributed by atoms with Gasteiger partial charge in [-0.1, -0.05) is 0 Å². The summed E-state index contributed by atoms with van der Waals surface area (Å²) in [4.78, 5) is 2.63. The second-order valence-corrected chi connectivity index (χ2v) is 5.04. The van der Waals surface area contributed by atoms with Crippen LogP contribution in [0.4, 0.5) is 0 Å². The number of likely N-dealkylation sites (tertiary alicyclic amines) is 1. The summed E-state index contributed by atoms with van der Waals surface area (Å²) in [5, 5.41) is 4.21. The Morgan fingerprint density at radius 1 is 1.53 bits per heavy atom. The quantitative estimate of drug-likeness (QED) is 0.806. The van der Waals surface area contributed by atoms with Crippen molar-refractivity contribution >= 4 is 0 Å². The lowest BCUT2D eigenvalue weighted by Crippen LogP contribution is -2.31. The average Bonchev–Trinajstić information content (AvgIpc) is 2.92. The Bertz CT molecular complexity index is 334. The molecule has 1 aliphatic heterocycles. The highest BCUT2D eigenvalue weighted by Crippen LogP contribution is 2.21. The average molecular weight is 236 g/mol. The van der Waals surface area contributed by atoms with Gasteiger partial charge in [-0.05, 0) is 50.8 Å². The van der Waals surface area contributed by atoms with E-state index in [1.54, 1.807) is 0 Å². The Labute approximate surface area is 104 Å². The Hall–Kier alpha value is -0.870. The third-order valence-electron chi connectivity index (χ3n) is 3.69. The molecule has 1 aliphatic rings. The molecule has 1 aromatic heterocycles. The first-order chi connectivity index (χ1) is 8.29. The topological polar surface area (TPSA) is 47.1 Å². The highest BCUT2D eigenvalue weighted by molar-refractivity contribution is 5.04. The van der Waals surface area contributed by atoms with Crippen molar-refractivity contribution in [2.75, 3.05) is 19.6 Å². The first-order valence-electron chi connectivity index (χ1n) is 6.71. The van der Waals surface area contributed by atoms with Gasteiger partial charge in [0.25, 0.3) is 0 Å². The Morgan fingerprint density at radius 3 is 3.12 bits per heavy atom. The minimum absolute atomic E-state index is 0.773. The predicted octanol–water partition coefficient (Wildman–Crippen LogP) is 1.17. The molecule has 4 nitrogen and oxygen atoms in total. The molecule has 4 heteroatoms. The molecule has 2 N–H and O–H groups in total. The van der Waals surface area contributed by atoms with Crippen LogP contribution in [0.3, 0.4) is 0 Å². The van der Waals surface area contributed by atoms with Gasteiger partial charge in [0.15, 0.2) is 0 Å². The van der Waals surface area contributed by atoms with E-state index < -0.39 is 0 Å². The fourth-order valence-corrected chi connectivity index (χ4v) is 2.74. The molecule has 1 atom stereocenters. The van der Waals surface area contributed by atoms with Gasteiger partial charge in [-0.15, -0.1) is 0 Å². The Balaban J connectivity index is 1.77. The lowest BCUT2D eigenvalue weighted by molar-refractivity contribution is 0.243. The standard InChI is InChI=1S/C13H24N4/c1-16-11-12(10-15-16)6-9-17-8-3-5-13(17)4-2-7-14/h10-11,13H,2-9,14H2,1H3. The molecule has 1 aromatic rings. The fraction of sp³-hybridized carbons (Fsp3) is 0.769. The molecule has 2 heterocycles. The largest absolute Gasteiger partial charge is 0.330 e. The molecular formula is C13H24N4. The number of hydrogen-bond acceptors (Lipinski definition) is 3. The van der Waals surface area contributed by atoms with Crippen LogP contribution in [0.15, 0.2) is 12.4 Å². The van der Waals surface area contributed by atoms with Gasteiger partial charge in [0, 0.05) is 25.8 Å². The normalized spacial score (nSPS) is 21.2. The van der Waals surface area contributed by atoms with E-state index >= 15 is 0 Å². The molecule has 1 saturated heterocycles. The van der Waals surface area contributed by atoms with Crippen molar-refractivity contribution in [3.05, 3.63) is 18.0 Å². The minimum atomic E-state index is 0.773. The summed E-state index contributed by atoms with van der Waals surface area (Å²) in [6, 6.07) is 0.773. The molecule has 2 rings (SSSR count). The van der Waals surface area contributed by atoms with Crippen LogP contribution in [0.5, 0.6) is 0 Å². The smallest absolute Gasteiger partial charge is 0.0522 e. The number of aryl methyl sites for hydroxylation is 1. The predicted molar refractivity (Wildman–Crippen MR) is 69.8 cm³/mol. The molecule has 0 saturated carbocycles. The second kappa shape index (κ2) is 6.17. The van der Waals surface area contributed by atoms with E-state index in [0.717, 1.165) is 25.4 Å². The van der Waals surface area contributed by atoms with Crippen LogP contribution in [0, 0.1) is 0 Å². The van der Waals surface area contributed by atoms with Gasteiger partial charge in [-0.2, -0.15) is 5.10 Å². The van der Waals surface area contributed by atoms with Crippen LogP contribution in [0.25, 0.3) is 0 Å². The van der Waals surface area contributed by atoms with Crippen molar-refractivity contribution in [1.29, 1.82) is 0 Å². The van der Waals surface area contributed by atoms with Crippen molar-refractivity contribution in [3.8, 4) is 0 Å². The molecule has 0 spiro atoms. The lowest BCUT2D eigenvalue weighted by atomic mass is 10.1. The van der Waals surface area contributed by atoms with Gasteiger partial charge in [0.1, 0.15) is 0 Å². The van der Waals surface area contributed by atoms with E-state index in [-0.39, 0.29) is 0 Å². The summed E-state index contributed by atoms with van der Waals surface area (Å²) < 4.78 is 1.88. The summed E-state index contributed by atoms with van der Waals surface area (Å²) in [5.41, 5.74) is 6.93. The zero-order chi connectivity index (χ0) is 12.1. The maximum absolute atomic E-state index is 5.59. The van der Waals surface area contributed by atoms with E-state index in [1.807, 2.05) is 17.9 Å². The van der Waals surface area contributed by atoms with Crippen LogP contribution < -0.4 is 5.73 Å². The lowest BCUT2D eigenvalue weighted by Gasteiger charge is -2.23. The maximum Gasteiger partial charge on any atom is 0.0522 e. The maximum atomic E-state index is 5.59. The van der Waals surface area contributed by atoms with Gasteiger partial charge in [-0.3, -0.25) is 4.68 Å².